The predicted octanol–water partition coefficient (Wildman–Crippen LogP) is 3.06. The van der Waals surface area contributed by atoms with Gasteiger partial charge in [0.1, 0.15) is 17.6 Å². The van der Waals surface area contributed by atoms with Crippen molar-refractivity contribution < 1.29 is 19.0 Å². The van der Waals surface area contributed by atoms with E-state index in [0.717, 1.165) is 0 Å². The average molecular weight is 375 g/mol. The summed E-state index contributed by atoms with van der Waals surface area (Å²) in [6.07, 6.45) is 0.486. The van der Waals surface area contributed by atoms with Crippen LogP contribution in [0.2, 0.25) is 0 Å². The van der Waals surface area contributed by atoms with Crippen molar-refractivity contribution in [1.29, 1.82) is 0 Å². The van der Waals surface area contributed by atoms with Crippen molar-refractivity contribution in [2.24, 2.45) is 4.99 Å². The largest absolute Gasteiger partial charge is 0.508 e. The standard InChI is InChI=1S/C20H26FN3O3/c1-4-15(27-19-8-6-5-7-17(19)21)13-24-20(22-2)23-12-14-11-16(26-3)9-10-18(14)25/h5-11,15,25H,4,12-13H2,1-3H3,(H2,22,23,24). The third-order valence-electron chi connectivity index (χ3n) is 4.04. The second kappa shape index (κ2) is 10.3. The summed E-state index contributed by atoms with van der Waals surface area (Å²) in [4.78, 5) is 4.16. The van der Waals surface area contributed by atoms with Crippen LogP contribution >= 0.6 is 0 Å². The number of rotatable bonds is 8. The van der Waals surface area contributed by atoms with E-state index in [1.807, 2.05) is 6.92 Å². The molecule has 146 valence electrons. The maximum atomic E-state index is 13.7. The Labute approximate surface area is 159 Å². The number of nitrogens with one attached hydrogen (secondary N) is 2. The Hall–Kier alpha value is -2.96. The predicted molar refractivity (Wildman–Crippen MR) is 104 cm³/mol. The number of para-hydroxylation sites is 1. The second-order valence-electron chi connectivity index (χ2n) is 5.88. The van der Waals surface area contributed by atoms with E-state index in [-0.39, 0.29) is 23.4 Å². The number of benzene rings is 2. The number of aliphatic imine (C=N–C) groups is 1. The number of methoxy groups -OCH3 is 1. The summed E-state index contributed by atoms with van der Waals surface area (Å²) in [5.41, 5.74) is 0.687. The zero-order chi connectivity index (χ0) is 19.6. The smallest absolute Gasteiger partial charge is 0.191 e. The molecule has 6 nitrogen and oxygen atoms in total. The number of phenolic OH excluding ortho intramolecular Hbond substituents is 1. The van der Waals surface area contributed by atoms with Crippen LogP contribution in [-0.4, -0.2) is 37.9 Å². The third-order valence-corrected chi connectivity index (χ3v) is 4.04. The first-order valence-electron chi connectivity index (χ1n) is 8.79. The normalized spacial score (nSPS) is 12.4. The molecule has 0 saturated heterocycles. The van der Waals surface area contributed by atoms with E-state index in [1.54, 1.807) is 50.6 Å². The van der Waals surface area contributed by atoms with Crippen LogP contribution in [0.25, 0.3) is 0 Å². The Balaban J connectivity index is 1.90. The Morgan fingerprint density at radius 3 is 2.67 bits per heavy atom. The van der Waals surface area contributed by atoms with Crippen LogP contribution < -0.4 is 20.1 Å². The molecular formula is C20H26FN3O3. The van der Waals surface area contributed by atoms with Gasteiger partial charge in [0.15, 0.2) is 17.5 Å². The van der Waals surface area contributed by atoms with Crippen LogP contribution in [0.1, 0.15) is 18.9 Å². The highest BCUT2D eigenvalue weighted by Crippen LogP contribution is 2.22. The fourth-order valence-corrected chi connectivity index (χ4v) is 2.43. The molecule has 2 aromatic carbocycles. The molecule has 3 N–H and O–H groups in total. The van der Waals surface area contributed by atoms with Gasteiger partial charge in [-0.05, 0) is 36.8 Å². The Kier molecular flexibility index (Phi) is 7.73. The summed E-state index contributed by atoms with van der Waals surface area (Å²) >= 11 is 0. The Morgan fingerprint density at radius 1 is 1.22 bits per heavy atom. The van der Waals surface area contributed by atoms with Crippen molar-refractivity contribution in [3.63, 3.8) is 0 Å². The Bertz CT molecular complexity index is 768. The molecule has 1 unspecified atom stereocenters. The highest BCUT2D eigenvalue weighted by atomic mass is 19.1. The first-order chi connectivity index (χ1) is 13.1. The van der Waals surface area contributed by atoms with Crippen molar-refractivity contribution in [3.05, 3.63) is 53.8 Å². The van der Waals surface area contributed by atoms with Gasteiger partial charge in [-0.15, -0.1) is 0 Å². The molecular weight excluding hydrogens is 349 g/mol. The summed E-state index contributed by atoms with van der Waals surface area (Å²) in [7, 11) is 3.23. The van der Waals surface area contributed by atoms with E-state index >= 15 is 0 Å². The first-order valence-corrected chi connectivity index (χ1v) is 8.79. The van der Waals surface area contributed by atoms with Gasteiger partial charge in [-0.3, -0.25) is 4.99 Å². The first kappa shape index (κ1) is 20.4. The van der Waals surface area contributed by atoms with Gasteiger partial charge in [0.05, 0.1) is 13.7 Å². The van der Waals surface area contributed by atoms with Crippen molar-refractivity contribution in [3.8, 4) is 17.2 Å². The van der Waals surface area contributed by atoms with Crippen LogP contribution in [0, 0.1) is 5.82 Å². The zero-order valence-corrected chi connectivity index (χ0v) is 15.8. The van der Waals surface area contributed by atoms with E-state index in [4.69, 9.17) is 9.47 Å². The minimum Gasteiger partial charge on any atom is -0.508 e. The van der Waals surface area contributed by atoms with Gasteiger partial charge >= 0.3 is 0 Å². The zero-order valence-electron chi connectivity index (χ0n) is 15.8. The molecule has 7 heteroatoms. The van der Waals surface area contributed by atoms with E-state index < -0.39 is 0 Å². The number of phenols is 1. The molecule has 0 aliphatic carbocycles. The lowest BCUT2D eigenvalue weighted by molar-refractivity contribution is 0.191. The molecule has 0 radical (unpaired) electrons. The summed E-state index contributed by atoms with van der Waals surface area (Å²) in [6.45, 7) is 2.79. The number of aromatic hydroxyl groups is 1. The molecule has 0 saturated carbocycles. The maximum absolute atomic E-state index is 13.7. The molecule has 0 heterocycles. The van der Waals surface area contributed by atoms with E-state index in [2.05, 4.69) is 15.6 Å². The Morgan fingerprint density at radius 2 is 2.00 bits per heavy atom. The molecule has 0 aliphatic rings. The van der Waals surface area contributed by atoms with Gasteiger partial charge in [0.2, 0.25) is 0 Å². The molecule has 0 amide bonds. The average Bonchev–Trinajstić information content (AvgIpc) is 2.69. The lowest BCUT2D eigenvalue weighted by atomic mass is 10.2. The van der Waals surface area contributed by atoms with Gasteiger partial charge in [0.25, 0.3) is 0 Å². The van der Waals surface area contributed by atoms with E-state index in [0.29, 0.717) is 36.8 Å². The lowest BCUT2D eigenvalue weighted by Crippen LogP contribution is -2.42. The minimum absolute atomic E-state index is 0.174. The topological polar surface area (TPSA) is 75.1 Å². The molecule has 27 heavy (non-hydrogen) atoms. The maximum Gasteiger partial charge on any atom is 0.191 e. The van der Waals surface area contributed by atoms with Crippen LogP contribution in [-0.2, 0) is 6.54 Å². The molecule has 2 aromatic rings. The fraction of sp³-hybridized carbons (Fsp3) is 0.350. The van der Waals surface area contributed by atoms with Gasteiger partial charge in [-0.1, -0.05) is 19.1 Å². The lowest BCUT2D eigenvalue weighted by Gasteiger charge is -2.20. The molecule has 0 aromatic heterocycles. The van der Waals surface area contributed by atoms with Crippen LogP contribution in [0.15, 0.2) is 47.5 Å². The number of halogens is 1. The van der Waals surface area contributed by atoms with Gasteiger partial charge in [-0.25, -0.2) is 4.39 Å². The number of guanidine groups is 1. The number of ether oxygens (including phenoxy) is 2. The molecule has 0 spiro atoms. The van der Waals surface area contributed by atoms with E-state index in [9.17, 15) is 9.50 Å². The molecule has 0 fully saturated rings. The van der Waals surface area contributed by atoms with Crippen LogP contribution in [0.5, 0.6) is 17.2 Å². The number of hydrogen-bond donors (Lipinski definition) is 3. The SMILES string of the molecule is CCC(CNC(=NC)NCc1cc(OC)ccc1O)Oc1ccccc1F. The second-order valence-corrected chi connectivity index (χ2v) is 5.88. The van der Waals surface area contributed by atoms with Crippen molar-refractivity contribution in [2.45, 2.75) is 26.0 Å². The van der Waals surface area contributed by atoms with Gasteiger partial charge in [0, 0.05) is 19.2 Å². The number of hydrogen-bond acceptors (Lipinski definition) is 4. The van der Waals surface area contributed by atoms with Crippen molar-refractivity contribution in [1.82, 2.24) is 10.6 Å². The number of nitrogens with zero attached hydrogens (tertiary/aromatic N) is 1. The third kappa shape index (κ3) is 6.06. The van der Waals surface area contributed by atoms with Crippen LogP contribution in [0.3, 0.4) is 0 Å². The minimum atomic E-state index is -0.382. The fourth-order valence-electron chi connectivity index (χ4n) is 2.43. The highest BCUT2D eigenvalue weighted by molar-refractivity contribution is 5.79. The summed E-state index contributed by atoms with van der Waals surface area (Å²) in [5, 5.41) is 16.2. The highest BCUT2D eigenvalue weighted by Gasteiger charge is 2.12. The van der Waals surface area contributed by atoms with Gasteiger partial charge in [-0.2, -0.15) is 0 Å². The molecule has 1 atom stereocenters. The monoisotopic (exact) mass is 375 g/mol. The van der Waals surface area contributed by atoms with E-state index in [1.165, 1.54) is 6.07 Å². The quantitative estimate of drug-likeness (QED) is 0.488. The summed E-state index contributed by atoms with van der Waals surface area (Å²) in [6, 6.07) is 11.4. The van der Waals surface area contributed by atoms with Crippen molar-refractivity contribution >= 4 is 5.96 Å². The van der Waals surface area contributed by atoms with Crippen LogP contribution in [0.4, 0.5) is 4.39 Å². The summed E-state index contributed by atoms with van der Waals surface area (Å²) in [5.74, 6) is 1.24. The van der Waals surface area contributed by atoms with Crippen molar-refractivity contribution in [2.75, 3.05) is 20.7 Å². The molecule has 0 bridgehead atoms. The molecule has 2 rings (SSSR count). The summed E-state index contributed by atoms with van der Waals surface area (Å²) < 4.78 is 24.6. The molecule has 0 aliphatic heterocycles. The van der Waals surface area contributed by atoms with Gasteiger partial charge < -0.3 is 25.2 Å².